The number of amides is 3. The first-order valence-corrected chi connectivity index (χ1v) is 8.49. The van der Waals surface area contributed by atoms with Gasteiger partial charge in [0.2, 0.25) is 5.91 Å². The highest BCUT2D eigenvalue weighted by atomic mass is 35.5. The number of halogens is 1. The molecule has 1 aliphatic rings. The predicted molar refractivity (Wildman–Crippen MR) is 92.7 cm³/mol. The molecular weight excluding hydrogens is 314 g/mol. The zero-order valence-electron chi connectivity index (χ0n) is 13.7. The topological polar surface area (TPSA) is 52.7 Å². The summed E-state index contributed by atoms with van der Waals surface area (Å²) in [6, 6.07) is 6.90. The molecule has 0 aliphatic carbocycles. The van der Waals surface area contributed by atoms with Crippen LogP contribution in [0, 0.1) is 5.92 Å². The molecule has 0 aromatic heterocycles. The summed E-state index contributed by atoms with van der Waals surface area (Å²) in [7, 11) is 0. The van der Waals surface area contributed by atoms with E-state index in [9.17, 15) is 9.59 Å². The fourth-order valence-corrected chi connectivity index (χ4v) is 2.69. The van der Waals surface area contributed by atoms with Crippen molar-refractivity contribution in [3.8, 4) is 0 Å². The van der Waals surface area contributed by atoms with Crippen molar-refractivity contribution in [3.05, 3.63) is 29.3 Å². The highest BCUT2D eigenvalue weighted by Gasteiger charge is 2.24. The minimum atomic E-state index is -0.134. The van der Waals surface area contributed by atoms with Gasteiger partial charge in [0.25, 0.3) is 0 Å². The molecule has 1 heterocycles. The summed E-state index contributed by atoms with van der Waals surface area (Å²) in [4.78, 5) is 28.3. The summed E-state index contributed by atoms with van der Waals surface area (Å²) in [5.41, 5.74) is 0.719. The van der Waals surface area contributed by atoms with Crippen LogP contribution in [-0.4, -0.2) is 47.9 Å². The lowest BCUT2D eigenvalue weighted by molar-refractivity contribution is -0.134. The van der Waals surface area contributed by atoms with Crippen LogP contribution in [0.3, 0.4) is 0 Å². The van der Waals surface area contributed by atoms with E-state index in [1.165, 1.54) is 0 Å². The Morgan fingerprint density at radius 2 is 1.74 bits per heavy atom. The van der Waals surface area contributed by atoms with Crippen molar-refractivity contribution in [1.29, 1.82) is 0 Å². The fraction of sp³-hybridized carbons (Fsp3) is 0.529. The Hall–Kier alpha value is -1.75. The number of rotatable bonds is 3. The van der Waals surface area contributed by atoms with E-state index in [4.69, 9.17) is 11.6 Å². The van der Waals surface area contributed by atoms with Crippen LogP contribution in [-0.2, 0) is 4.79 Å². The molecule has 23 heavy (non-hydrogen) atoms. The van der Waals surface area contributed by atoms with Crippen LogP contribution in [0.15, 0.2) is 24.3 Å². The Morgan fingerprint density at radius 3 is 2.39 bits per heavy atom. The van der Waals surface area contributed by atoms with E-state index in [2.05, 4.69) is 5.32 Å². The van der Waals surface area contributed by atoms with E-state index in [1.807, 2.05) is 18.7 Å². The van der Waals surface area contributed by atoms with Crippen LogP contribution in [0.25, 0.3) is 0 Å². The van der Waals surface area contributed by atoms with Crippen molar-refractivity contribution in [3.63, 3.8) is 0 Å². The van der Waals surface area contributed by atoms with Crippen LogP contribution in [0.4, 0.5) is 10.5 Å². The minimum absolute atomic E-state index is 0.0458. The number of benzene rings is 1. The van der Waals surface area contributed by atoms with Crippen LogP contribution < -0.4 is 5.32 Å². The fourth-order valence-electron chi connectivity index (χ4n) is 2.56. The van der Waals surface area contributed by atoms with Gasteiger partial charge in [-0.2, -0.15) is 0 Å². The highest BCUT2D eigenvalue weighted by Crippen LogP contribution is 2.15. The van der Waals surface area contributed by atoms with Gasteiger partial charge in [-0.15, -0.1) is 0 Å². The van der Waals surface area contributed by atoms with E-state index < -0.39 is 0 Å². The van der Waals surface area contributed by atoms with Gasteiger partial charge in [0, 0.05) is 42.8 Å². The molecule has 0 bridgehead atoms. The lowest BCUT2D eigenvalue weighted by Gasteiger charge is -2.24. The van der Waals surface area contributed by atoms with E-state index >= 15 is 0 Å². The van der Waals surface area contributed by atoms with Crippen LogP contribution in [0.1, 0.15) is 26.7 Å². The van der Waals surface area contributed by atoms with E-state index in [1.54, 1.807) is 29.2 Å². The van der Waals surface area contributed by atoms with Crippen LogP contribution >= 0.6 is 11.6 Å². The van der Waals surface area contributed by atoms with Crippen LogP contribution in [0.5, 0.6) is 0 Å². The second-order valence-electron chi connectivity index (χ2n) is 5.91. The van der Waals surface area contributed by atoms with E-state index in [0.717, 1.165) is 18.5 Å². The molecule has 1 atom stereocenters. The first-order valence-electron chi connectivity index (χ1n) is 8.11. The average Bonchev–Trinajstić information content (AvgIpc) is 2.81. The second kappa shape index (κ2) is 8.20. The van der Waals surface area contributed by atoms with Crippen molar-refractivity contribution in [2.45, 2.75) is 26.7 Å². The molecule has 126 valence electrons. The summed E-state index contributed by atoms with van der Waals surface area (Å²) in [6.07, 6.45) is 1.65. The number of carbonyl (C=O) groups is 2. The first-order chi connectivity index (χ1) is 11.0. The molecular formula is C17H24ClN3O2. The smallest absolute Gasteiger partial charge is 0.321 e. The molecule has 5 nitrogen and oxygen atoms in total. The Labute approximate surface area is 142 Å². The molecule has 1 aromatic rings. The van der Waals surface area contributed by atoms with Gasteiger partial charge >= 0.3 is 6.03 Å². The maximum Gasteiger partial charge on any atom is 0.321 e. The quantitative estimate of drug-likeness (QED) is 0.918. The van der Waals surface area contributed by atoms with Crippen molar-refractivity contribution >= 4 is 29.2 Å². The van der Waals surface area contributed by atoms with Gasteiger partial charge in [0.15, 0.2) is 0 Å². The van der Waals surface area contributed by atoms with Gasteiger partial charge in [0.1, 0.15) is 0 Å². The first kappa shape index (κ1) is 17.6. The Bertz CT molecular complexity index is 547. The third-order valence-electron chi connectivity index (χ3n) is 4.22. The monoisotopic (exact) mass is 337 g/mol. The van der Waals surface area contributed by atoms with Gasteiger partial charge in [-0.05, 0) is 37.1 Å². The Kier molecular flexibility index (Phi) is 6.28. The van der Waals surface area contributed by atoms with Crippen molar-refractivity contribution in [2.75, 3.05) is 31.5 Å². The molecule has 1 N–H and O–H groups in total. The number of nitrogens with one attached hydrogen (secondary N) is 1. The molecule has 1 fully saturated rings. The summed E-state index contributed by atoms with van der Waals surface area (Å²) in [5.74, 6) is 0.233. The van der Waals surface area contributed by atoms with Gasteiger partial charge in [-0.1, -0.05) is 25.4 Å². The maximum atomic E-state index is 12.4. The van der Waals surface area contributed by atoms with Gasteiger partial charge in [-0.25, -0.2) is 4.79 Å². The molecule has 0 saturated carbocycles. The molecule has 6 heteroatoms. The lowest BCUT2D eigenvalue weighted by Crippen LogP contribution is -2.40. The van der Waals surface area contributed by atoms with Gasteiger partial charge in [-0.3, -0.25) is 4.79 Å². The third-order valence-corrected chi connectivity index (χ3v) is 4.48. The standard InChI is InChI=1S/C17H24ClN3O2/c1-3-13(2)16(22)20-9-4-10-21(12-11-20)17(23)19-15-7-5-14(18)6-8-15/h5-8,13H,3-4,9-12H2,1-2H3,(H,19,23). The molecule has 3 amide bonds. The Balaban J connectivity index is 1.90. The lowest BCUT2D eigenvalue weighted by atomic mass is 10.1. The minimum Gasteiger partial charge on any atom is -0.341 e. The highest BCUT2D eigenvalue weighted by molar-refractivity contribution is 6.30. The molecule has 2 rings (SSSR count). The summed E-state index contributed by atoms with van der Waals surface area (Å²) < 4.78 is 0. The zero-order valence-corrected chi connectivity index (χ0v) is 14.5. The molecule has 0 spiro atoms. The number of anilines is 1. The average molecular weight is 338 g/mol. The SMILES string of the molecule is CCC(C)C(=O)N1CCCN(C(=O)Nc2ccc(Cl)cc2)CC1. The van der Waals surface area contributed by atoms with Gasteiger partial charge < -0.3 is 15.1 Å². The van der Waals surface area contributed by atoms with E-state index in [0.29, 0.717) is 31.2 Å². The number of hydrogen-bond donors (Lipinski definition) is 1. The van der Waals surface area contributed by atoms with Crippen molar-refractivity contribution < 1.29 is 9.59 Å². The molecule has 1 aromatic carbocycles. The predicted octanol–water partition coefficient (Wildman–Crippen LogP) is 3.45. The summed E-state index contributed by atoms with van der Waals surface area (Å²) in [6.45, 7) is 6.50. The molecule has 0 radical (unpaired) electrons. The number of nitrogens with zero attached hydrogens (tertiary/aromatic N) is 2. The number of carbonyl (C=O) groups excluding carboxylic acids is 2. The van der Waals surface area contributed by atoms with Crippen LogP contribution in [0.2, 0.25) is 5.02 Å². The molecule has 1 unspecified atom stereocenters. The van der Waals surface area contributed by atoms with Crippen molar-refractivity contribution in [2.24, 2.45) is 5.92 Å². The second-order valence-corrected chi connectivity index (χ2v) is 6.35. The number of urea groups is 1. The molecule has 1 aliphatic heterocycles. The number of hydrogen-bond acceptors (Lipinski definition) is 2. The third kappa shape index (κ3) is 4.86. The maximum absolute atomic E-state index is 12.4. The normalized spacial score (nSPS) is 16.7. The van der Waals surface area contributed by atoms with Gasteiger partial charge in [0.05, 0.1) is 0 Å². The summed E-state index contributed by atoms with van der Waals surface area (Å²) in [5, 5.41) is 3.51. The summed E-state index contributed by atoms with van der Waals surface area (Å²) >= 11 is 5.84. The zero-order chi connectivity index (χ0) is 16.8. The largest absolute Gasteiger partial charge is 0.341 e. The van der Waals surface area contributed by atoms with E-state index in [-0.39, 0.29) is 17.9 Å². The van der Waals surface area contributed by atoms with Crippen molar-refractivity contribution in [1.82, 2.24) is 9.80 Å². The Morgan fingerprint density at radius 1 is 1.13 bits per heavy atom. The molecule has 1 saturated heterocycles.